The number of hydrogen-bond acceptors (Lipinski definition) is 1. The summed E-state index contributed by atoms with van der Waals surface area (Å²) in [5.74, 6) is 0.347. The van der Waals surface area contributed by atoms with Crippen LogP contribution in [-0.4, -0.2) is 11.2 Å². The number of rotatable bonds is 6. The summed E-state index contributed by atoms with van der Waals surface area (Å²) < 4.78 is 0. The highest BCUT2D eigenvalue weighted by Crippen LogP contribution is 2.14. The lowest BCUT2D eigenvalue weighted by Crippen LogP contribution is -2.14. The van der Waals surface area contributed by atoms with Gasteiger partial charge in [0.15, 0.2) is 0 Å². The molecule has 0 saturated carbocycles. The molecule has 0 bridgehead atoms. The van der Waals surface area contributed by atoms with E-state index < -0.39 is 0 Å². The number of aliphatic hydroxyl groups is 1. The van der Waals surface area contributed by atoms with Crippen LogP contribution in [0.3, 0.4) is 0 Å². The molecule has 1 aromatic carbocycles. The van der Waals surface area contributed by atoms with Crippen molar-refractivity contribution in [1.29, 1.82) is 0 Å². The predicted molar refractivity (Wildman–Crippen MR) is 70.2 cm³/mol. The standard InChI is InChI=1S/C15H22O/c1-3-4-8-13(2)15(16)12-11-14-9-6-5-7-10-14/h5-7,9-13,15-16H,3-4,8H2,1-2H3/b12-11+. The number of aliphatic hydroxyl groups excluding tert-OH is 1. The first-order chi connectivity index (χ1) is 7.74. The molecule has 0 amide bonds. The molecule has 16 heavy (non-hydrogen) atoms. The van der Waals surface area contributed by atoms with Gasteiger partial charge in [-0.05, 0) is 17.9 Å². The van der Waals surface area contributed by atoms with Crippen molar-refractivity contribution in [3.05, 3.63) is 42.0 Å². The van der Waals surface area contributed by atoms with Crippen molar-refractivity contribution in [2.45, 2.75) is 39.2 Å². The summed E-state index contributed by atoms with van der Waals surface area (Å²) in [6.45, 7) is 4.29. The van der Waals surface area contributed by atoms with Crippen LogP contribution in [0.15, 0.2) is 36.4 Å². The molecule has 0 spiro atoms. The van der Waals surface area contributed by atoms with Crippen molar-refractivity contribution in [2.75, 3.05) is 0 Å². The summed E-state index contributed by atoms with van der Waals surface area (Å²) >= 11 is 0. The van der Waals surface area contributed by atoms with E-state index in [-0.39, 0.29) is 6.10 Å². The Morgan fingerprint density at radius 1 is 1.25 bits per heavy atom. The number of hydrogen-bond donors (Lipinski definition) is 1. The van der Waals surface area contributed by atoms with Crippen LogP contribution >= 0.6 is 0 Å². The molecule has 0 heterocycles. The van der Waals surface area contributed by atoms with Crippen LogP contribution in [0.2, 0.25) is 0 Å². The van der Waals surface area contributed by atoms with Crippen LogP contribution in [0.4, 0.5) is 0 Å². The van der Waals surface area contributed by atoms with E-state index in [0.29, 0.717) is 5.92 Å². The lowest BCUT2D eigenvalue weighted by atomic mass is 9.97. The van der Waals surface area contributed by atoms with Crippen LogP contribution in [0.25, 0.3) is 6.08 Å². The van der Waals surface area contributed by atoms with E-state index in [4.69, 9.17) is 0 Å². The molecular weight excluding hydrogens is 196 g/mol. The first-order valence-electron chi connectivity index (χ1n) is 6.15. The maximum atomic E-state index is 9.92. The second-order valence-electron chi connectivity index (χ2n) is 4.38. The summed E-state index contributed by atoms with van der Waals surface area (Å²) in [6.07, 6.45) is 7.04. The second-order valence-corrected chi connectivity index (χ2v) is 4.38. The zero-order valence-corrected chi connectivity index (χ0v) is 10.3. The third kappa shape index (κ3) is 4.63. The van der Waals surface area contributed by atoms with E-state index in [1.807, 2.05) is 42.5 Å². The van der Waals surface area contributed by atoms with Gasteiger partial charge in [0, 0.05) is 0 Å². The molecule has 1 nitrogen and oxygen atoms in total. The van der Waals surface area contributed by atoms with Gasteiger partial charge in [0.05, 0.1) is 6.10 Å². The average molecular weight is 218 g/mol. The molecule has 1 heteroatoms. The van der Waals surface area contributed by atoms with Gasteiger partial charge in [0.25, 0.3) is 0 Å². The highest BCUT2D eigenvalue weighted by atomic mass is 16.3. The van der Waals surface area contributed by atoms with Crippen LogP contribution < -0.4 is 0 Å². The largest absolute Gasteiger partial charge is 0.389 e. The predicted octanol–water partition coefficient (Wildman–Crippen LogP) is 3.89. The molecule has 0 fully saturated rings. The maximum absolute atomic E-state index is 9.92. The second kappa shape index (κ2) is 7.24. The van der Waals surface area contributed by atoms with E-state index in [1.165, 1.54) is 12.8 Å². The molecule has 0 saturated heterocycles. The zero-order valence-electron chi connectivity index (χ0n) is 10.3. The monoisotopic (exact) mass is 218 g/mol. The first-order valence-corrected chi connectivity index (χ1v) is 6.15. The molecule has 0 aliphatic heterocycles. The SMILES string of the molecule is CCCCC(C)C(O)/C=C/c1ccccc1. The third-order valence-corrected chi connectivity index (χ3v) is 2.88. The van der Waals surface area contributed by atoms with Gasteiger partial charge in [0.1, 0.15) is 0 Å². The zero-order chi connectivity index (χ0) is 11.8. The fraction of sp³-hybridized carbons (Fsp3) is 0.467. The summed E-state index contributed by atoms with van der Waals surface area (Å²) in [5, 5.41) is 9.92. The van der Waals surface area contributed by atoms with Gasteiger partial charge in [-0.15, -0.1) is 0 Å². The van der Waals surface area contributed by atoms with E-state index >= 15 is 0 Å². The fourth-order valence-electron chi connectivity index (χ4n) is 1.66. The molecule has 0 radical (unpaired) electrons. The lowest BCUT2D eigenvalue weighted by Gasteiger charge is -2.14. The number of unbranched alkanes of at least 4 members (excludes halogenated alkanes) is 1. The van der Waals surface area contributed by atoms with Crippen molar-refractivity contribution in [3.8, 4) is 0 Å². The number of benzene rings is 1. The fourth-order valence-corrected chi connectivity index (χ4v) is 1.66. The highest BCUT2D eigenvalue weighted by Gasteiger charge is 2.09. The molecule has 88 valence electrons. The van der Waals surface area contributed by atoms with Gasteiger partial charge in [-0.1, -0.05) is 69.2 Å². The van der Waals surface area contributed by atoms with Crippen LogP contribution in [0.1, 0.15) is 38.7 Å². The Labute approximate surface area is 98.8 Å². The van der Waals surface area contributed by atoms with Crippen molar-refractivity contribution in [3.63, 3.8) is 0 Å². The summed E-state index contributed by atoms with van der Waals surface area (Å²) in [7, 11) is 0. The van der Waals surface area contributed by atoms with Crippen LogP contribution in [0, 0.1) is 5.92 Å². The summed E-state index contributed by atoms with van der Waals surface area (Å²) in [5.41, 5.74) is 1.14. The van der Waals surface area contributed by atoms with Gasteiger partial charge >= 0.3 is 0 Å². The minimum absolute atomic E-state index is 0.327. The van der Waals surface area contributed by atoms with E-state index in [1.54, 1.807) is 0 Å². The Bertz CT molecular complexity index is 302. The topological polar surface area (TPSA) is 20.2 Å². The molecular formula is C15H22O. The normalized spacial score (nSPS) is 15.2. The Balaban J connectivity index is 2.44. The quantitative estimate of drug-likeness (QED) is 0.768. The summed E-state index contributed by atoms with van der Waals surface area (Å²) in [4.78, 5) is 0. The van der Waals surface area contributed by atoms with Gasteiger partial charge in [-0.25, -0.2) is 0 Å². The van der Waals surface area contributed by atoms with Gasteiger partial charge in [0.2, 0.25) is 0 Å². The molecule has 1 aromatic rings. The first kappa shape index (κ1) is 13.0. The van der Waals surface area contributed by atoms with E-state index in [9.17, 15) is 5.11 Å². The molecule has 1 N–H and O–H groups in total. The molecule has 1 rings (SSSR count). The van der Waals surface area contributed by atoms with Crippen molar-refractivity contribution in [1.82, 2.24) is 0 Å². The lowest BCUT2D eigenvalue weighted by molar-refractivity contribution is 0.156. The van der Waals surface area contributed by atoms with Crippen LogP contribution in [-0.2, 0) is 0 Å². The smallest absolute Gasteiger partial charge is 0.0749 e. The molecule has 2 atom stereocenters. The van der Waals surface area contributed by atoms with Crippen molar-refractivity contribution in [2.24, 2.45) is 5.92 Å². The van der Waals surface area contributed by atoms with Crippen molar-refractivity contribution >= 4 is 6.08 Å². The van der Waals surface area contributed by atoms with Gasteiger partial charge in [-0.2, -0.15) is 0 Å². The Morgan fingerprint density at radius 3 is 2.56 bits per heavy atom. The van der Waals surface area contributed by atoms with Gasteiger partial charge in [-0.3, -0.25) is 0 Å². The highest BCUT2D eigenvalue weighted by molar-refractivity contribution is 5.49. The average Bonchev–Trinajstić information content (AvgIpc) is 2.34. The molecule has 2 unspecified atom stereocenters. The Morgan fingerprint density at radius 2 is 1.94 bits per heavy atom. The van der Waals surface area contributed by atoms with Crippen LogP contribution in [0.5, 0.6) is 0 Å². The minimum atomic E-state index is -0.327. The molecule has 0 aromatic heterocycles. The third-order valence-electron chi connectivity index (χ3n) is 2.88. The summed E-state index contributed by atoms with van der Waals surface area (Å²) in [6, 6.07) is 10.1. The van der Waals surface area contributed by atoms with E-state index in [2.05, 4.69) is 13.8 Å². The Hall–Kier alpha value is -1.08. The van der Waals surface area contributed by atoms with Crippen molar-refractivity contribution < 1.29 is 5.11 Å². The maximum Gasteiger partial charge on any atom is 0.0749 e. The molecule has 0 aliphatic rings. The minimum Gasteiger partial charge on any atom is -0.389 e. The Kier molecular flexibility index (Phi) is 5.87. The van der Waals surface area contributed by atoms with Gasteiger partial charge < -0.3 is 5.11 Å². The molecule has 0 aliphatic carbocycles. The van der Waals surface area contributed by atoms with E-state index in [0.717, 1.165) is 12.0 Å².